The highest BCUT2D eigenvalue weighted by Crippen LogP contribution is 2.22. The van der Waals surface area contributed by atoms with Gasteiger partial charge in [0, 0.05) is 15.7 Å². The number of nitriles is 1. The van der Waals surface area contributed by atoms with Crippen molar-refractivity contribution in [3.8, 4) is 11.8 Å². The van der Waals surface area contributed by atoms with Crippen LogP contribution in [-0.2, 0) is 11.3 Å². The summed E-state index contributed by atoms with van der Waals surface area (Å²) in [5.41, 5.74) is 2.28. The van der Waals surface area contributed by atoms with Crippen LogP contribution in [0.1, 0.15) is 18.1 Å². The molecule has 0 aliphatic carbocycles. The highest BCUT2D eigenvalue weighted by molar-refractivity contribution is 9.10. The summed E-state index contributed by atoms with van der Waals surface area (Å²) in [7, 11) is 3.62. The molecule has 0 aliphatic heterocycles. The lowest BCUT2D eigenvalue weighted by Gasteiger charge is -2.22. The maximum atomic E-state index is 12.5. The van der Waals surface area contributed by atoms with Crippen molar-refractivity contribution in [2.75, 3.05) is 19.5 Å². The molecule has 0 spiro atoms. The zero-order valence-electron chi connectivity index (χ0n) is 14.5. The number of quaternary nitrogens is 1. The monoisotopic (exact) mass is 402 g/mol. The molecule has 0 bridgehead atoms. The van der Waals surface area contributed by atoms with E-state index in [0.717, 1.165) is 20.7 Å². The van der Waals surface area contributed by atoms with E-state index in [1.165, 1.54) is 0 Å². The molecule has 0 saturated heterocycles. The normalized spacial score (nSPS) is 12.8. The molecule has 1 unspecified atom stereocenters. The van der Waals surface area contributed by atoms with Gasteiger partial charge in [-0.3, -0.25) is 4.79 Å². The predicted molar refractivity (Wildman–Crippen MR) is 101 cm³/mol. The molecule has 0 fully saturated rings. The highest BCUT2D eigenvalue weighted by Gasteiger charge is 2.23. The van der Waals surface area contributed by atoms with Crippen LogP contribution in [0.4, 0.5) is 5.69 Å². The van der Waals surface area contributed by atoms with Gasteiger partial charge in [0.25, 0.3) is 5.91 Å². The largest absolute Gasteiger partial charge is 0.496 e. The molecule has 0 aliphatic rings. The van der Waals surface area contributed by atoms with Crippen molar-refractivity contribution in [1.82, 2.24) is 0 Å². The van der Waals surface area contributed by atoms with Crippen molar-refractivity contribution in [1.29, 1.82) is 5.26 Å². The fraction of sp³-hybridized carbons (Fsp3) is 0.263. The summed E-state index contributed by atoms with van der Waals surface area (Å²) in [5, 5.41) is 11.7. The molecule has 6 heteroatoms. The summed E-state index contributed by atoms with van der Waals surface area (Å²) in [5.74, 6) is 0.735. The minimum atomic E-state index is -0.251. The second kappa shape index (κ2) is 8.65. The Morgan fingerprint density at radius 1 is 1.32 bits per heavy atom. The lowest BCUT2D eigenvalue weighted by molar-refractivity contribution is -0.907. The van der Waals surface area contributed by atoms with E-state index in [0.29, 0.717) is 17.8 Å². The molecule has 0 heterocycles. The molecule has 2 atom stereocenters. The summed E-state index contributed by atoms with van der Waals surface area (Å²) in [6.07, 6.45) is 0. The van der Waals surface area contributed by atoms with Crippen LogP contribution in [0.25, 0.3) is 0 Å². The number of hydrogen-bond donors (Lipinski definition) is 2. The molecule has 0 aromatic heterocycles. The molecule has 130 valence electrons. The quantitative estimate of drug-likeness (QED) is 0.779. The number of carbonyl (C=O) groups is 1. The summed E-state index contributed by atoms with van der Waals surface area (Å²) in [4.78, 5) is 13.5. The maximum Gasteiger partial charge on any atom is 0.282 e. The van der Waals surface area contributed by atoms with E-state index in [1.54, 1.807) is 31.4 Å². The molecule has 2 N–H and O–H groups in total. The number of halogens is 1. The van der Waals surface area contributed by atoms with Crippen molar-refractivity contribution in [2.24, 2.45) is 0 Å². The van der Waals surface area contributed by atoms with E-state index >= 15 is 0 Å². The number of likely N-dealkylation sites (N-methyl/N-ethyl adjacent to an activating group) is 1. The highest BCUT2D eigenvalue weighted by atomic mass is 79.9. The average molecular weight is 403 g/mol. The number of amides is 1. The molecule has 0 saturated carbocycles. The zero-order valence-corrected chi connectivity index (χ0v) is 16.1. The number of hydrogen-bond acceptors (Lipinski definition) is 3. The average Bonchev–Trinajstić information content (AvgIpc) is 2.61. The Morgan fingerprint density at radius 3 is 2.60 bits per heavy atom. The van der Waals surface area contributed by atoms with Crippen LogP contribution < -0.4 is 15.0 Å². The third-order valence-corrected chi connectivity index (χ3v) is 4.62. The minimum absolute atomic E-state index is 0.0730. The minimum Gasteiger partial charge on any atom is -0.496 e. The molecule has 2 rings (SSSR count). The van der Waals surface area contributed by atoms with Crippen LogP contribution in [0, 0.1) is 11.3 Å². The van der Waals surface area contributed by atoms with E-state index in [4.69, 9.17) is 10.00 Å². The molecule has 25 heavy (non-hydrogen) atoms. The van der Waals surface area contributed by atoms with E-state index in [2.05, 4.69) is 27.3 Å². The molecular formula is C19H21BrN3O2+. The fourth-order valence-corrected chi connectivity index (χ4v) is 2.85. The molecule has 5 nitrogen and oxygen atoms in total. The summed E-state index contributed by atoms with van der Waals surface area (Å²) in [6.45, 7) is 2.54. The van der Waals surface area contributed by atoms with Gasteiger partial charge in [0.1, 0.15) is 12.3 Å². The number of methoxy groups -OCH3 is 1. The first-order chi connectivity index (χ1) is 11.9. The summed E-state index contributed by atoms with van der Waals surface area (Å²) in [6, 6.07) is 14.5. The summed E-state index contributed by atoms with van der Waals surface area (Å²) < 4.78 is 6.38. The Morgan fingerprint density at radius 2 is 2.00 bits per heavy atom. The van der Waals surface area contributed by atoms with Crippen molar-refractivity contribution < 1.29 is 14.4 Å². The molecule has 2 aromatic carbocycles. The number of anilines is 1. The first-order valence-electron chi connectivity index (χ1n) is 7.90. The zero-order chi connectivity index (χ0) is 18.4. The van der Waals surface area contributed by atoms with Gasteiger partial charge in [-0.2, -0.15) is 5.26 Å². The second-order valence-electron chi connectivity index (χ2n) is 5.88. The van der Waals surface area contributed by atoms with Gasteiger partial charge >= 0.3 is 0 Å². The topological polar surface area (TPSA) is 66.6 Å². The number of carbonyl (C=O) groups excluding carboxylic acids is 1. The first kappa shape index (κ1) is 19.0. The molecule has 1 amide bonds. The molecule has 0 radical (unpaired) electrons. The van der Waals surface area contributed by atoms with Crippen LogP contribution in [0.15, 0.2) is 46.9 Å². The third kappa shape index (κ3) is 5.05. The van der Waals surface area contributed by atoms with Crippen LogP contribution >= 0.6 is 15.9 Å². The third-order valence-electron chi connectivity index (χ3n) is 4.13. The van der Waals surface area contributed by atoms with Crippen molar-refractivity contribution >= 4 is 27.5 Å². The van der Waals surface area contributed by atoms with Gasteiger partial charge in [-0.25, -0.2) is 0 Å². The van der Waals surface area contributed by atoms with Crippen LogP contribution in [0.3, 0.4) is 0 Å². The first-order valence-corrected chi connectivity index (χ1v) is 8.69. The Kier molecular flexibility index (Phi) is 6.57. The van der Waals surface area contributed by atoms with E-state index < -0.39 is 0 Å². The van der Waals surface area contributed by atoms with Crippen molar-refractivity contribution in [3.63, 3.8) is 0 Å². The van der Waals surface area contributed by atoms with E-state index in [9.17, 15) is 4.79 Å². The van der Waals surface area contributed by atoms with Crippen LogP contribution in [0.2, 0.25) is 0 Å². The van der Waals surface area contributed by atoms with Crippen molar-refractivity contribution in [2.45, 2.75) is 19.5 Å². The smallest absolute Gasteiger partial charge is 0.282 e. The van der Waals surface area contributed by atoms with Gasteiger partial charge in [-0.15, -0.1) is 0 Å². The number of nitrogens with one attached hydrogen (secondary N) is 2. The van der Waals surface area contributed by atoms with Gasteiger partial charge in [-0.05, 0) is 49.4 Å². The Balaban J connectivity index is 2.03. The Labute approximate surface area is 156 Å². The number of benzene rings is 2. The maximum absolute atomic E-state index is 12.5. The number of nitrogens with zero attached hydrogens (tertiary/aromatic N) is 1. The number of ether oxygens (including phenoxy) is 1. The van der Waals surface area contributed by atoms with Gasteiger partial charge < -0.3 is 15.0 Å². The van der Waals surface area contributed by atoms with Gasteiger partial charge in [0.15, 0.2) is 6.04 Å². The molecular weight excluding hydrogens is 382 g/mol. The lowest BCUT2D eigenvalue weighted by atomic mass is 10.1. The van der Waals surface area contributed by atoms with Crippen molar-refractivity contribution in [3.05, 3.63) is 58.1 Å². The second-order valence-corrected chi connectivity index (χ2v) is 6.80. The fourth-order valence-electron chi connectivity index (χ4n) is 2.44. The standard InChI is InChI=1S/C19H20BrN3O2/c1-13(19(24)22-17-7-4-14(11-21)5-8-17)23(2)12-15-10-16(20)6-9-18(15)25-3/h4-10,13H,12H2,1-3H3,(H,22,24)/p+1/t13-/m0/s1. The Bertz CT molecular complexity index is 784. The SMILES string of the molecule is COc1ccc(Br)cc1C[NH+](C)[C@@H](C)C(=O)Nc1ccc(C#N)cc1. The van der Waals surface area contributed by atoms with Gasteiger partial charge in [0.2, 0.25) is 0 Å². The number of rotatable bonds is 6. The van der Waals surface area contributed by atoms with Crippen LogP contribution in [-0.4, -0.2) is 26.1 Å². The summed E-state index contributed by atoms with van der Waals surface area (Å²) >= 11 is 3.47. The van der Waals surface area contributed by atoms with Crippen LogP contribution in [0.5, 0.6) is 5.75 Å². The lowest BCUT2D eigenvalue weighted by Crippen LogP contribution is -3.12. The molecule has 2 aromatic rings. The van der Waals surface area contributed by atoms with Gasteiger partial charge in [-0.1, -0.05) is 15.9 Å². The predicted octanol–water partition coefficient (Wildman–Crippen LogP) is 2.37. The van der Waals surface area contributed by atoms with E-state index in [1.807, 2.05) is 32.2 Å². The Hall–Kier alpha value is -2.36. The van der Waals surface area contributed by atoms with Gasteiger partial charge in [0.05, 0.1) is 25.8 Å². The van der Waals surface area contributed by atoms with E-state index in [-0.39, 0.29) is 11.9 Å².